The zero-order valence-electron chi connectivity index (χ0n) is 10.8. The van der Waals surface area contributed by atoms with Gasteiger partial charge in [0.25, 0.3) is 0 Å². The summed E-state index contributed by atoms with van der Waals surface area (Å²) in [6.45, 7) is 1.73. The number of carbonyl (C=O) groups excluding carboxylic acids is 1. The molecule has 0 saturated carbocycles. The molecule has 0 bridgehead atoms. The Hall–Kier alpha value is -1.14. The second-order valence-corrected chi connectivity index (χ2v) is 5.30. The van der Waals surface area contributed by atoms with Crippen LogP contribution in [0.15, 0.2) is 18.2 Å². The minimum Gasteiger partial charge on any atom is -0.395 e. The Kier molecular flexibility index (Phi) is 6.24. The molecule has 2 N–H and O–H groups in total. The summed E-state index contributed by atoms with van der Waals surface area (Å²) in [4.78, 5) is 11.7. The van der Waals surface area contributed by atoms with Crippen LogP contribution < -0.4 is 5.32 Å². The number of nitrogens with one attached hydrogen (secondary N) is 1. The maximum atomic E-state index is 13.4. The highest BCUT2D eigenvalue weighted by Gasteiger charge is 2.18. The van der Waals surface area contributed by atoms with Gasteiger partial charge in [-0.3, -0.25) is 4.79 Å². The van der Waals surface area contributed by atoms with Crippen LogP contribution >= 0.6 is 11.8 Å². The summed E-state index contributed by atoms with van der Waals surface area (Å²) in [5, 5.41) is 11.7. The molecular weight excluding hydrogens is 272 g/mol. The van der Waals surface area contributed by atoms with Crippen LogP contribution in [0.1, 0.15) is 12.5 Å². The van der Waals surface area contributed by atoms with Gasteiger partial charge in [0.1, 0.15) is 11.6 Å². The number of hydrogen-bond donors (Lipinski definition) is 2. The number of carbonyl (C=O) groups is 1. The molecular formula is C13H17F2NO2S. The first-order valence-corrected chi connectivity index (χ1v) is 7.13. The van der Waals surface area contributed by atoms with Crippen molar-refractivity contribution in [3.05, 3.63) is 35.4 Å². The molecule has 106 valence electrons. The number of halogens is 2. The Morgan fingerprint density at radius 3 is 2.68 bits per heavy atom. The average Bonchev–Trinajstić information content (AvgIpc) is 2.34. The van der Waals surface area contributed by atoms with Crippen molar-refractivity contribution in [2.45, 2.75) is 24.6 Å². The van der Waals surface area contributed by atoms with Gasteiger partial charge in [0, 0.05) is 17.4 Å². The Morgan fingerprint density at radius 2 is 2.16 bits per heavy atom. The van der Waals surface area contributed by atoms with Crippen LogP contribution in [0.4, 0.5) is 8.78 Å². The van der Waals surface area contributed by atoms with Gasteiger partial charge in [-0.2, -0.15) is 11.8 Å². The van der Waals surface area contributed by atoms with E-state index in [4.69, 9.17) is 5.11 Å². The number of aliphatic hydroxyl groups excluding tert-OH is 1. The van der Waals surface area contributed by atoms with E-state index >= 15 is 0 Å². The van der Waals surface area contributed by atoms with E-state index in [9.17, 15) is 13.6 Å². The maximum absolute atomic E-state index is 13.4. The fraction of sp³-hybridized carbons (Fsp3) is 0.462. The molecule has 1 aromatic carbocycles. The second-order valence-electron chi connectivity index (χ2n) is 4.23. The monoisotopic (exact) mass is 289 g/mol. The van der Waals surface area contributed by atoms with E-state index in [1.807, 2.05) is 6.26 Å². The van der Waals surface area contributed by atoms with Crippen LogP contribution in [0.2, 0.25) is 0 Å². The van der Waals surface area contributed by atoms with Crippen molar-refractivity contribution in [1.29, 1.82) is 0 Å². The van der Waals surface area contributed by atoms with E-state index in [0.717, 1.165) is 12.1 Å². The van der Waals surface area contributed by atoms with Crippen LogP contribution in [0, 0.1) is 11.6 Å². The van der Waals surface area contributed by atoms with Crippen molar-refractivity contribution < 1.29 is 18.7 Å². The normalized spacial score (nSPS) is 13.9. The van der Waals surface area contributed by atoms with Crippen LogP contribution in [-0.2, 0) is 11.2 Å². The van der Waals surface area contributed by atoms with Gasteiger partial charge in [-0.05, 0) is 24.8 Å². The van der Waals surface area contributed by atoms with Gasteiger partial charge in [-0.15, -0.1) is 0 Å². The first kappa shape index (κ1) is 15.9. The molecule has 1 rings (SSSR count). The number of hydrogen-bond acceptors (Lipinski definition) is 3. The third-order valence-electron chi connectivity index (χ3n) is 2.80. The quantitative estimate of drug-likeness (QED) is 0.838. The highest BCUT2D eigenvalue weighted by atomic mass is 32.2. The molecule has 3 nitrogen and oxygen atoms in total. The SMILES string of the molecule is CS[C@H](CO)[C@@H](C)NC(=O)Cc1ccc(F)cc1F. The minimum atomic E-state index is -0.730. The molecule has 0 aliphatic rings. The van der Waals surface area contributed by atoms with Gasteiger partial charge < -0.3 is 10.4 Å². The summed E-state index contributed by atoms with van der Waals surface area (Å²) in [5.41, 5.74) is 0.149. The van der Waals surface area contributed by atoms with Gasteiger partial charge >= 0.3 is 0 Å². The Morgan fingerprint density at radius 1 is 1.47 bits per heavy atom. The molecule has 19 heavy (non-hydrogen) atoms. The molecule has 0 aliphatic carbocycles. The first-order valence-electron chi connectivity index (χ1n) is 5.85. The largest absolute Gasteiger partial charge is 0.395 e. The fourth-order valence-corrected chi connectivity index (χ4v) is 2.30. The number of thioether (sulfide) groups is 1. The third kappa shape index (κ3) is 4.80. The Balaban J connectivity index is 2.60. The van der Waals surface area contributed by atoms with Crippen molar-refractivity contribution in [2.24, 2.45) is 0 Å². The Bertz CT molecular complexity index is 439. The highest BCUT2D eigenvalue weighted by Crippen LogP contribution is 2.12. The van der Waals surface area contributed by atoms with E-state index in [-0.39, 0.29) is 35.8 Å². The molecule has 2 atom stereocenters. The summed E-state index contributed by atoms with van der Waals surface area (Å²) in [6.07, 6.45) is 1.69. The number of amides is 1. The van der Waals surface area contributed by atoms with Crippen LogP contribution in [0.3, 0.4) is 0 Å². The molecule has 0 aliphatic heterocycles. The zero-order chi connectivity index (χ0) is 14.4. The predicted octanol–water partition coefficient (Wildman–Crippen LogP) is 1.74. The lowest BCUT2D eigenvalue weighted by molar-refractivity contribution is -0.121. The standard InChI is InChI=1S/C13H17F2NO2S/c1-8(12(7-17)19-2)16-13(18)5-9-3-4-10(14)6-11(9)15/h3-4,6,8,12,17H,5,7H2,1-2H3,(H,16,18)/t8-,12-/m1/s1. The van der Waals surface area contributed by atoms with Gasteiger partial charge in [-0.1, -0.05) is 6.07 Å². The lowest BCUT2D eigenvalue weighted by atomic mass is 10.1. The van der Waals surface area contributed by atoms with Crippen LogP contribution in [-0.4, -0.2) is 35.2 Å². The van der Waals surface area contributed by atoms with E-state index in [2.05, 4.69) is 5.32 Å². The van der Waals surface area contributed by atoms with Crippen molar-refractivity contribution in [2.75, 3.05) is 12.9 Å². The summed E-state index contributed by atoms with van der Waals surface area (Å²) in [6, 6.07) is 2.90. The summed E-state index contributed by atoms with van der Waals surface area (Å²) < 4.78 is 26.1. The predicted molar refractivity (Wildman–Crippen MR) is 72.1 cm³/mol. The smallest absolute Gasteiger partial charge is 0.224 e. The number of aliphatic hydroxyl groups is 1. The van der Waals surface area contributed by atoms with Gasteiger partial charge in [0.05, 0.1) is 13.0 Å². The zero-order valence-corrected chi connectivity index (χ0v) is 11.6. The van der Waals surface area contributed by atoms with E-state index in [0.29, 0.717) is 0 Å². The maximum Gasteiger partial charge on any atom is 0.224 e. The van der Waals surface area contributed by atoms with Gasteiger partial charge in [0.15, 0.2) is 0 Å². The van der Waals surface area contributed by atoms with Gasteiger partial charge in [-0.25, -0.2) is 8.78 Å². The molecule has 0 fully saturated rings. The number of rotatable bonds is 6. The summed E-state index contributed by atoms with van der Waals surface area (Å²) >= 11 is 1.44. The first-order chi connectivity index (χ1) is 8.97. The molecule has 0 spiro atoms. The van der Waals surface area contributed by atoms with E-state index in [1.165, 1.54) is 17.8 Å². The van der Waals surface area contributed by atoms with Crippen molar-refractivity contribution in [3.8, 4) is 0 Å². The summed E-state index contributed by atoms with van der Waals surface area (Å²) in [5.74, 6) is -1.75. The minimum absolute atomic E-state index is 0.0481. The Labute approximate surface area is 115 Å². The molecule has 0 heterocycles. The average molecular weight is 289 g/mol. The molecule has 6 heteroatoms. The van der Waals surface area contributed by atoms with Crippen molar-refractivity contribution >= 4 is 17.7 Å². The van der Waals surface area contributed by atoms with E-state index < -0.39 is 11.6 Å². The van der Waals surface area contributed by atoms with Crippen LogP contribution in [0.5, 0.6) is 0 Å². The molecule has 1 aromatic rings. The number of benzene rings is 1. The van der Waals surface area contributed by atoms with Crippen LogP contribution in [0.25, 0.3) is 0 Å². The lowest BCUT2D eigenvalue weighted by Gasteiger charge is -2.21. The summed E-state index contributed by atoms with van der Waals surface area (Å²) in [7, 11) is 0. The second kappa shape index (κ2) is 7.45. The molecule has 0 radical (unpaired) electrons. The molecule has 1 amide bonds. The fourth-order valence-electron chi connectivity index (χ4n) is 1.67. The third-order valence-corrected chi connectivity index (χ3v) is 3.96. The highest BCUT2D eigenvalue weighted by molar-refractivity contribution is 7.99. The lowest BCUT2D eigenvalue weighted by Crippen LogP contribution is -2.42. The van der Waals surface area contributed by atoms with Gasteiger partial charge in [0.2, 0.25) is 5.91 Å². The molecule has 0 saturated heterocycles. The van der Waals surface area contributed by atoms with Crippen molar-refractivity contribution in [1.82, 2.24) is 5.32 Å². The van der Waals surface area contributed by atoms with Crippen molar-refractivity contribution in [3.63, 3.8) is 0 Å². The molecule has 0 aromatic heterocycles. The topological polar surface area (TPSA) is 49.3 Å². The molecule has 0 unspecified atom stereocenters. The van der Waals surface area contributed by atoms with E-state index in [1.54, 1.807) is 6.92 Å².